The monoisotopic (exact) mass is 216 g/mol. The Morgan fingerprint density at radius 2 is 1.67 bits per heavy atom. The molecule has 4 heteroatoms. The summed E-state index contributed by atoms with van der Waals surface area (Å²) in [6.07, 6.45) is 1.73. The molecule has 2 atom stereocenters. The van der Waals surface area contributed by atoms with Crippen LogP contribution in [-0.2, 0) is 9.59 Å². The van der Waals surface area contributed by atoms with Gasteiger partial charge in [-0.05, 0) is 20.0 Å². The van der Waals surface area contributed by atoms with E-state index in [4.69, 9.17) is 10.5 Å². The van der Waals surface area contributed by atoms with Gasteiger partial charge in [0.05, 0.1) is 6.04 Å². The molecule has 2 N–H and O–H groups in total. The number of hydrogen-bond donors (Lipinski definition) is 1. The summed E-state index contributed by atoms with van der Waals surface area (Å²) >= 11 is 0. The third-order valence-corrected chi connectivity index (χ3v) is 1.72. The molecule has 0 aromatic heterocycles. The maximum absolute atomic E-state index is 10.9. The van der Waals surface area contributed by atoms with Crippen molar-refractivity contribution in [1.82, 2.24) is 4.90 Å². The zero-order chi connectivity index (χ0) is 13.0. The van der Waals surface area contributed by atoms with Crippen molar-refractivity contribution in [3.63, 3.8) is 0 Å². The molecule has 0 heterocycles. The number of nitrogens with two attached hydrogens (primary N) is 1. The summed E-state index contributed by atoms with van der Waals surface area (Å²) in [5, 5.41) is 0. The Morgan fingerprint density at radius 3 is 1.73 bits per heavy atom. The molecule has 0 rings (SSSR count). The molecule has 15 heavy (non-hydrogen) atoms. The van der Waals surface area contributed by atoms with Crippen LogP contribution < -0.4 is 5.73 Å². The Kier molecular flexibility index (Phi) is 16.6. The van der Waals surface area contributed by atoms with Crippen LogP contribution >= 0.6 is 0 Å². The fourth-order valence-electron chi connectivity index (χ4n) is 1.11. The predicted molar refractivity (Wildman–Crippen MR) is 64.5 cm³/mol. The number of primary amides is 1. The topological polar surface area (TPSA) is 63.4 Å². The molecule has 0 fully saturated rings. The maximum Gasteiger partial charge on any atom is 0.235 e. The van der Waals surface area contributed by atoms with Crippen LogP contribution in [0.2, 0.25) is 0 Å². The molecule has 0 bridgehead atoms. The molecule has 0 saturated heterocycles. The van der Waals surface area contributed by atoms with Crippen molar-refractivity contribution in [2.24, 2.45) is 11.7 Å². The summed E-state index contributed by atoms with van der Waals surface area (Å²) in [6, 6.07) is -0.243. The van der Waals surface area contributed by atoms with Crippen molar-refractivity contribution in [3.05, 3.63) is 12.7 Å². The molecule has 0 spiro atoms. The van der Waals surface area contributed by atoms with Crippen LogP contribution in [0.25, 0.3) is 0 Å². The number of rotatable bonds is 4. The van der Waals surface area contributed by atoms with Crippen molar-refractivity contribution in [2.45, 2.75) is 26.8 Å². The quantitative estimate of drug-likeness (QED) is 0.715. The minimum atomic E-state index is -0.303. The van der Waals surface area contributed by atoms with Crippen LogP contribution in [0.3, 0.4) is 0 Å². The van der Waals surface area contributed by atoms with Crippen molar-refractivity contribution in [3.8, 4) is 0 Å². The molecule has 0 saturated carbocycles. The van der Waals surface area contributed by atoms with E-state index in [0.29, 0.717) is 0 Å². The second-order valence-corrected chi connectivity index (χ2v) is 2.91. The molecule has 0 aliphatic rings. The van der Waals surface area contributed by atoms with Crippen molar-refractivity contribution in [2.75, 3.05) is 14.1 Å². The molecular weight excluding hydrogens is 192 g/mol. The van der Waals surface area contributed by atoms with E-state index in [0.717, 1.165) is 0 Å². The summed E-state index contributed by atoms with van der Waals surface area (Å²) in [4.78, 5) is 20.7. The molecule has 2 unspecified atom stereocenters. The first kappa shape index (κ1) is 19.4. The first-order valence-corrected chi connectivity index (χ1v) is 4.88. The van der Waals surface area contributed by atoms with E-state index in [9.17, 15) is 4.79 Å². The van der Waals surface area contributed by atoms with Gasteiger partial charge in [-0.25, -0.2) is 0 Å². The maximum atomic E-state index is 10.9. The lowest BCUT2D eigenvalue weighted by atomic mass is 10.0. The molecule has 0 aromatic carbocycles. The molecule has 0 aromatic rings. The number of likely N-dealkylation sites (N-methyl/N-ethyl adjacent to an activating group) is 1. The van der Waals surface area contributed by atoms with Crippen LogP contribution in [0.4, 0.5) is 0 Å². The minimum Gasteiger partial charge on any atom is -0.368 e. The Morgan fingerprint density at radius 1 is 1.33 bits per heavy atom. The first-order valence-electron chi connectivity index (χ1n) is 4.88. The van der Waals surface area contributed by atoms with E-state index in [1.54, 1.807) is 11.0 Å². The number of nitrogens with zero attached hydrogens (tertiary/aromatic N) is 1. The summed E-state index contributed by atoms with van der Waals surface area (Å²) in [6.45, 7) is 11.5. The third-order valence-electron chi connectivity index (χ3n) is 1.72. The predicted octanol–water partition coefficient (Wildman–Crippen LogP) is 1.07. The average molecular weight is 216 g/mol. The van der Waals surface area contributed by atoms with Crippen LogP contribution in [0.1, 0.15) is 20.8 Å². The Labute approximate surface area is 93.1 Å². The van der Waals surface area contributed by atoms with Crippen molar-refractivity contribution >= 4 is 12.7 Å². The number of hydrogen-bond acceptors (Lipinski definition) is 3. The number of carbonyl (C=O) groups excluding carboxylic acids is 2. The standard InChI is InChI=1S/C8H16N2O.C2H6.CH2O/c1-5-6(2)7(8(9)11)10(3)4;2*1-2/h5-7H,1H2,2-4H3,(H2,9,11);1-2H3;1H2. The fraction of sp³-hybridized carbons (Fsp3) is 0.636. The van der Waals surface area contributed by atoms with Crippen molar-refractivity contribution in [1.29, 1.82) is 0 Å². The van der Waals surface area contributed by atoms with Gasteiger partial charge in [-0.3, -0.25) is 9.69 Å². The van der Waals surface area contributed by atoms with E-state index in [2.05, 4.69) is 6.58 Å². The van der Waals surface area contributed by atoms with E-state index in [1.165, 1.54) is 0 Å². The van der Waals surface area contributed by atoms with Gasteiger partial charge in [0, 0.05) is 0 Å². The lowest BCUT2D eigenvalue weighted by Gasteiger charge is -2.24. The zero-order valence-electron chi connectivity index (χ0n) is 10.5. The molecule has 90 valence electrons. The summed E-state index contributed by atoms with van der Waals surface area (Å²) in [5.41, 5.74) is 5.19. The second-order valence-electron chi connectivity index (χ2n) is 2.91. The van der Waals surface area contributed by atoms with E-state index in [-0.39, 0.29) is 17.9 Å². The van der Waals surface area contributed by atoms with Gasteiger partial charge in [0.25, 0.3) is 0 Å². The third kappa shape index (κ3) is 9.15. The number of amides is 1. The van der Waals surface area contributed by atoms with E-state index in [1.807, 2.05) is 41.7 Å². The highest BCUT2D eigenvalue weighted by Crippen LogP contribution is 2.08. The first-order chi connectivity index (χ1) is 7.00. The second kappa shape index (κ2) is 12.8. The zero-order valence-corrected chi connectivity index (χ0v) is 10.5. The summed E-state index contributed by atoms with van der Waals surface area (Å²) in [7, 11) is 3.66. The van der Waals surface area contributed by atoms with Crippen LogP contribution in [0.5, 0.6) is 0 Å². The van der Waals surface area contributed by atoms with Crippen LogP contribution in [0, 0.1) is 5.92 Å². The molecule has 0 radical (unpaired) electrons. The average Bonchev–Trinajstić information content (AvgIpc) is 2.22. The van der Waals surface area contributed by atoms with Crippen molar-refractivity contribution < 1.29 is 9.59 Å². The SMILES string of the molecule is C=CC(C)C(C(N)=O)N(C)C.C=O.CC. The Balaban J connectivity index is -0.000000318. The Hall–Kier alpha value is -1.16. The summed E-state index contributed by atoms with van der Waals surface area (Å²) < 4.78 is 0. The molecule has 0 aliphatic heterocycles. The van der Waals surface area contributed by atoms with Gasteiger partial charge in [-0.15, -0.1) is 6.58 Å². The lowest BCUT2D eigenvalue weighted by Crippen LogP contribution is -2.44. The van der Waals surface area contributed by atoms with Gasteiger partial charge in [0.2, 0.25) is 5.91 Å². The van der Waals surface area contributed by atoms with Crippen LogP contribution in [-0.4, -0.2) is 37.7 Å². The van der Waals surface area contributed by atoms with Gasteiger partial charge < -0.3 is 10.5 Å². The molecular formula is C11H24N2O2. The highest BCUT2D eigenvalue weighted by atomic mass is 16.1. The molecule has 0 aliphatic carbocycles. The lowest BCUT2D eigenvalue weighted by molar-refractivity contribution is -0.123. The normalized spacial score (nSPS) is 12.4. The van der Waals surface area contributed by atoms with Gasteiger partial charge in [0.15, 0.2) is 0 Å². The smallest absolute Gasteiger partial charge is 0.235 e. The highest BCUT2D eigenvalue weighted by Gasteiger charge is 2.22. The largest absolute Gasteiger partial charge is 0.368 e. The van der Waals surface area contributed by atoms with Gasteiger partial charge in [-0.2, -0.15) is 0 Å². The van der Waals surface area contributed by atoms with Gasteiger partial charge in [-0.1, -0.05) is 26.8 Å². The van der Waals surface area contributed by atoms with Crippen LogP contribution in [0.15, 0.2) is 12.7 Å². The summed E-state index contributed by atoms with van der Waals surface area (Å²) in [5.74, 6) is -0.204. The fourth-order valence-corrected chi connectivity index (χ4v) is 1.11. The van der Waals surface area contributed by atoms with E-state index >= 15 is 0 Å². The number of carbonyl (C=O) groups is 2. The van der Waals surface area contributed by atoms with Gasteiger partial charge >= 0.3 is 0 Å². The van der Waals surface area contributed by atoms with E-state index < -0.39 is 0 Å². The molecule has 1 amide bonds. The van der Waals surface area contributed by atoms with Gasteiger partial charge in [0.1, 0.15) is 6.79 Å². The molecule has 4 nitrogen and oxygen atoms in total. The minimum absolute atomic E-state index is 0.0995. The highest BCUT2D eigenvalue weighted by molar-refractivity contribution is 5.80. The Bertz CT molecular complexity index is 170.